The number of non-ortho nitro benzene ring substituents is 1. The zero-order valence-corrected chi connectivity index (χ0v) is 20.1. The monoisotopic (exact) mass is 566 g/mol. The van der Waals surface area contributed by atoms with Crippen molar-refractivity contribution in [2.75, 3.05) is 13.2 Å². The summed E-state index contributed by atoms with van der Waals surface area (Å²) in [6.45, 7) is 6.19. The van der Waals surface area contributed by atoms with Crippen molar-refractivity contribution in [3.63, 3.8) is 0 Å². The van der Waals surface area contributed by atoms with Gasteiger partial charge in [-0.2, -0.15) is 0 Å². The fraction of sp³-hybridized carbons (Fsp3) is 0.182. The predicted octanol–water partition coefficient (Wildman–Crippen LogP) is 5.40. The quantitative estimate of drug-likeness (QED) is 0.132. The number of nitro groups is 1. The van der Waals surface area contributed by atoms with E-state index in [9.17, 15) is 19.7 Å². The van der Waals surface area contributed by atoms with Crippen molar-refractivity contribution in [3.8, 4) is 11.5 Å². The number of nitro benzene ring substituents is 1. The van der Waals surface area contributed by atoms with Gasteiger partial charge < -0.3 is 9.47 Å². The molecule has 2 aromatic carbocycles. The van der Waals surface area contributed by atoms with Crippen molar-refractivity contribution in [3.05, 3.63) is 78.8 Å². The molecule has 1 aliphatic heterocycles. The van der Waals surface area contributed by atoms with E-state index < -0.39 is 4.92 Å². The Hall–Kier alpha value is -2.86. The average Bonchev–Trinajstić information content (AvgIpc) is 3.01. The van der Waals surface area contributed by atoms with E-state index in [4.69, 9.17) is 9.47 Å². The first-order chi connectivity index (χ1) is 15.3. The molecule has 3 rings (SSSR count). The van der Waals surface area contributed by atoms with Crippen LogP contribution in [0.4, 0.5) is 10.5 Å². The average molecular weight is 566 g/mol. The third kappa shape index (κ3) is 5.49. The van der Waals surface area contributed by atoms with Crippen molar-refractivity contribution in [2.24, 2.45) is 0 Å². The highest BCUT2D eigenvalue weighted by atomic mass is 127. The summed E-state index contributed by atoms with van der Waals surface area (Å²) < 4.78 is 12.4. The molecule has 10 heteroatoms. The van der Waals surface area contributed by atoms with Crippen LogP contribution in [0.25, 0.3) is 6.08 Å². The molecule has 0 spiro atoms. The highest BCUT2D eigenvalue weighted by molar-refractivity contribution is 14.1. The third-order valence-electron chi connectivity index (χ3n) is 4.35. The van der Waals surface area contributed by atoms with Crippen LogP contribution in [0, 0.1) is 13.7 Å². The van der Waals surface area contributed by atoms with E-state index in [1.165, 1.54) is 18.2 Å². The topological polar surface area (TPSA) is 99.0 Å². The number of thioether (sulfide) groups is 1. The van der Waals surface area contributed by atoms with Gasteiger partial charge in [0.2, 0.25) is 0 Å². The molecule has 1 saturated heterocycles. The summed E-state index contributed by atoms with van der Waals surface area (Å²) in [5, 5.41) is 10.5. The van der Waals surface area contributed by atoms with Crippen LogP contribution in [0.15, 0.2) is 54.0 Å². The molecule has 2 aromatic rings. The van der Waals surface area contributed by atoms with Gasteiger partial charge >= 0.3 is 0 Å². The van der Waals surface area contributed by atoms with E-state index >= 15 is 0 Å². The largest absolute Gasteiger partial charge is 0.490 e. The fourth-order valence-electron chi connectivity index (χ4n) is 2.88. The molecule has 1 heterocycles. The normalized spacial score (nSPS) is 14.7. The van der Waals surface area contributed by atoms with Gasteiger partial charge in [-0.1, -0.05) is 6.08 Å². The maximum atomic E-state index is 12.5. The van der Waals surface area contributed by atoms with Crippen LogP contribution in [-0.4, -0.2) is 34.1 Å². The molecule has 0 unspecified atom stereocenters. The van der Waals surface area contributed by atoms with Crippen LogP contribution < -0.4 is 9.47 Å². The summed E-state index contributed by atoms with van der Waals surface area (Å²) in [5.74, 6) is 0.673. The lowest BCUT2D eigenvalue weighted by molar-refractivity contribution is -0.384. The van der Waals surface area contributed by atoms with Crippen LogP contribution in [-0.2, 0) is 11.4 Å². The molecule has 2 amide bonds. The lowest BCUT2D eigenvalue weighted by Gasteiger charge is -2.15. The summed E-state index contributed by atoms with van der Waals surface area (Å²) in [5.41, 5.74) is 1.48. The smallest absolute Gasteiger partial charge is 0.293 e. The second kappa shape index (κ2) is 10.6. The van der Waals surface area contributed by atoms with Crippen LogP contribution in [0.1, 0.15) is 18.1 Å². The molecule has 0 aliphatic carbocycles. The van der Waals surface area contributed by atoms with Crippen molar-refractivity contribution in [2.45, 2.75) is 13.5 Å². The van der Waals surface area contributed by atoms with Gasteiger partial charge in [-0.15, -0.1) is 6.58 Å². The molecule has 166 valence electrons. The van der Waals surface area contributed by atoms with E-state index in [-0.39, 0.29) is 30.0 Å². The van der Waals surface area contributed by atoms with Crippen LogP contribution in [0.3, 0.4) is 0 Å². The number of amides is 2. The van der Waals surface area contributed by atoms with E-state index in [1.807, 2.05) is 13.0 Å². The van der Waals surface area contributed by atoms with E-state index in [0.717, 1.165) is 25.8 Å². The first-order valence-electron chi connectivity index (χ1n) is 9.52. The van der Waals surface area contributed by atoms with Crippen molar-refractivity contribution in [1.29, 1.82) is 0 Å². The highest BCUT2D eigenvalue weighted by Gasteiger charge is 2.34. The van der Waals surface area contributed by atoms with Crippen LogP contribution in [0.5, 0.6) is 11.5 Å². The number of carbonyl (C=O) groups excluding carboxylic acids is 2. The molecule has 0 saturated carbocycles. The van der Waals surface area contributed by atoms with Crippen molar-refractivity contribution < 1.29 is 24.0 Å². The third-order valence-corrected chi connectivity index (χ3v) is 6.05. The summed E-state index contributed by atoms with van der Waals surface area (Å²) in [6.07, 6.45) is 3.16. The maximum Gasteiger partial charge on any atom is 0.293 e. The van der Waals surface area contributed by atoms with Gasteiger partial charge in [-0.25, -0.2) is 0 Å². The van der Waals surface area contributed by atoms with E-state index in [2.05, 4.69) is 29.2 Å². The van der Waals surface area contributed by atoms with Crippen LogP contribution in [0.2, 0.25) is 0 Å². The molecule has 32 heavy (non-hydrogen) atoms. The summed E-state index contributed by atoms with van der Waals surface area (Å²) in [4.78, 5) is 36.3. The van der Waals surface area contributed by atoms with Gasteiger partial charge in [-0.05, 0) is 82.7 Å². The first-order valence-corrected chi connectivity index (χ1v) is 11.4. The number of imide groups is 1. The molecule has 0 N–H and O–H groups in total. The zero-order valence-electron chi connectivity index (χ0n) is 17.1. The summed E-state index contributed by atoms with van der Waals surface area (Å²) in [7, 11) is 0. The molecule has 0 bridgehead atoms. The molecular weight excluding hydrogens is 547 g/mol. The predicted molar refractivity (Wildman–Crippen MR) is 131 cm³/mol. The second-order valence-electron chi connectivity index (χ2n) is 6.56. The minimum Gasteiger partial charge on any atom is -0.490 e. The van der Waals surface area contributed by atoms with Crippen LogP contribution >= 0.6 is 34.4 Å². The molecular formula is C22H19IN2O6S. The number of carbonyl (C=O) groups is 2. The van der Waals surface area contributed by atoms with Gasteiger partial charge in [0, 0.05) is 18.7 Å². The number of benzene rings is 2. The van der Waals surface area contributed by atoms with Crippen molar-refractivity contribution in [1.82, 2.24) is 4.90 Å². The van der Waals surface area contributed by atoms with Gasteiger partial charge in [0.1, 0.15) is 6.61 Å². The molecule has 0 atom stereocenters. The van der Waals surface area contributed by atoms with Gasteiger partial charge in [-0.3, -0.25) is 24.6 Å². The minimum atomic E-state index is -0.453. The second-order valence-corrected chi connectivity index (χ2v) is 8.71. The Labute approximate surface area is 202 Å². The van der Waals surface area contributed by atoms with Crippen molar-refractivity contribution >= 4 is 57.3 Å². The fourth-order valence-corrected chi connectivity index (χ4v) is 4.51. The first kappa shape index (κ1) is 23.8. The Kier molecular flexibility index (Phi) is 7.91. The number of ether oxygens (including phenoxy) is 2. The number of hydrogen-bond acceptors (Lipinski definition) is 7. The Morgan fingerprint density at radius 1 is 1.22 bits per heavy atom. The Morgan fingerprint density at radius 3 is 2.56 bits per heavy atom. The molecule has 0 aromatic heterocycles. The number of halogens is 1. The highest BCUT2D eigenvalue weighted by Crippen LogP contribution is 2.38. The Bertz CT molecular complexity index is 1100. The minimum absolute atomic E-state index is 0.0141. The number of rotatable bonds is 9. The lowest BCUT2D eigenvalue weighted by Crippen LogP contribution is -2.27. The van der Waals surface area contributed by atoms with Gasteiger partial charge in [0.05, 0.1) is 20.0 Å². The number of hydrogen-bond donors (Lipinski definition) is 0. The summed E-state index contributed by atoms with van der Waals surface area (Å²) in [6, 6.07) is 9.71. The summed E-state index contributed by atoms with van der Waals surface area (Å²) >= 11 is 3.00. The standard InChI is InChI=1S/C22H19IN2O6S/c1-3-9-24-21(26)19(32-22(24)27)12-15-10-17(23)20(18(11-15)30-4-2)31-13-14-5-7-16(8-6-14)25(28)29/h3,5-8,10-12H,1,4,9,13H2,2H3/b19-12+. The van der Waals surface area contributed by atoms with Gasteiger partial charge in [0.25, 0.3) is 16.8 Å². The Balaban J connectivity index is 1.83. The SMILES string of the molecule is C=CCN1C(=O)S/C(=C/c2cc(I)c(OCc3ccc([N+](=O)[O-])cc3)c(OCC)c2)C1=O. The Morgan fingerprint density at radius 2 is 1.94 bits per heavy atom. The number of nitrogens with zero attached hydrogens (tertiary/aromatic N) is 2. The molecule has 8 nitrogen and oxygen atoms in total. The molecule has 0 radical (unpaired) electrons. The molecule has 1 fully saturated rings. The van der Waals surface area contributed by atoms with E-state index in [0.29, 0.717) is 28.6 Å². The maximum absolute atomic E-state index is 12.5. The van der Waals surface area contributed by atoms with Gasteiger partial charge in [0.15, 0.2) is 11.5 Å². The zero-order chi connectivity index (χ0) is 23.3. The van der Waals surface area contributed by atoms with E-state index in [1.54, 1.807) is 24.3 Å². The molecule has 1 aliphatic rings. The lowest BCUT2D eigenvalue weighted by atomic mass is 10.1.